The van der Waals surface area contributed by atoms with Crippen LogP contribution in [0, 0.1) is 5.92 Å². The predicted octanol–water partition coefficient (Wildman–Crippen LogP) is 3.98. The second-order valence-corrected chi connectivity index (χ2v) is 11.2. The minimum Gasteiger partial charge on any atom is -0.504 e. The minimum absolute atomic E-state index is 0.0187. The quantitative estimate of drug-likeness (QED) is 0.314. The van der Waals surface area contributed by atoms with Gasteiger partial charge in [0.1, 0.15) is 16.3 Å². The van der Waals surface area contributed by atoms with E-state index in [-0.39, 0.29) is 28.1 Å². The van der Waals surface area contributed by atoms with Gasteiger partial charge in [0.15, 0.2) is 5.75 Å². The van der Waals surface area contributed by atoms with Gasteiger partial charge in [0.2, 0.25) is 10.0 Å². The van der Waals surface area contributed by atoms with Crippen molar-refractivity contribution in [1.29, 1.82) is 0 Å². The van der Waals surface area contributed by atoms with Crippen molar-refractivity contribution in [2.45, 2.75) is 36.6 Å². The van der Waals surface area contributed by atoms with Gasteiger partial charge in [0.25, 0.3) is 10.9 Å². The molecule has 3 aromatic rings. The SMILES string of the molecule is CN(C)S(=O)(=O)c1c(Cl)ccc(Nc2c(NC(c3ccccc3)C3CCCC3)c(=O)c2=O)c1O. The molecule has 3 aromatic carbocycles. The Kier molecular flexibility index (Phi) is 6.71. The van der Waals surface area contributed by atoms with Crippen molar-refractivity contribution in [3.63, 3.8) is 0 Å². The van der Waals surface area contributed by atoms with Crippen LogP contribution in [0.15, 0.2) is 56.9 Å². The lowest BCUT2D eigenvalue weighted by Gasteiger charge is -2.28. The van der Waals surface area contributed by atoms with E-state index in [2.05, 4.69) is 10.6 Å². The zero-order chi connectivity index (χ0) is 24.6. The first-order valence-electron chi connectivity index (χ1n) is 11.0. The summed E-state index contributed by atoms with van der Waals surface area (Å²) in [6.45, 7) is 0. The Morgan fingerprint density at radius 2 is 1.62 bits per heavy atom. The Hall–Kier alpha value is -2.88. The number of hydrogen-bond donors (Lipinski definition) is 3. The van der Waals surface area contributed by atoms with Gasteiger partial charge in [-0.3, -0.25) is 9.59 Å². The molecule has 34 heavy (non-hydrogen) atoms. The van der Waals surface area contributed by atoms with E-state index in [1.165, 1.54) is 26.2 Å². The molecule has 0 aliphatic heterocycles. The maximum Gasteiger partial charge on any atom is 0.253 e. The molecule has 1 aliphatic carbocycles. The standard InChI is InChI=1S/C24H26ClN3O5S/c1-28(2)34(32,33)24-16(25)12-13-17(21(24)29)26-19-20(23(31)22(19)30)27-18(15-10-6-7-11-15)14-8-4-3-5-9-14/h3-5,8-9,12-13,15,18,26-27,29H,6-7,10-11H2,1-2H3. The zero-order valence-electron chi connectivity index (χ0n) is 18.8. The van der Waals surface area contributed by atoms with Gasteiger partial charge in [-0.25, -0.2) is 12.7 Å². The van der Waals surface area contributed by atoms with Gasteiger partial charge in [-0.05, 0) is 36.5 Å². The number of rotatable bonds is 8. The van der Waals surface area contributed by atoms with Gasteiger partial charge < -0.3 is 15.7 Å². The molecular formula is C24H26ClN3O5S. The highest BCUT2D eigenvalue weighted by Crippen LogP contribution is 2.41. The molecule has 180 valence electrons. The third-order valence-corrected chi connectivity index (χ3v) is 8.64. The topological polar surface area (TPSA) is 116 Å². The fraction of sp³-hybridized carbons (Fsp3) is 0.333. The second kappa shape index (κ2) is 9.40. The van der Waals surface area contributed by atoms with Gasteiger partial charge >= 0.3 is 0 Å². The Labute approximate surface area is 202 Å². The Morgan fingerprint density at radius 3 is 2.24 bits per heavy atom. The van der Waals surface area contributed by atoms with Crippen molar-refractivity contribution in [1.82, 2.24) is 4.31 Å². The summed E-state index contributed by atoms with van der Waals surface area (Å²) >= 11 is 6.07. The van der Waals surface area contributed by atoms with Gasteiger partial charge in [0.05, 0.1) is 16.8 Å². The molecule has 0 radical (unpaired) electrons. The van der Waals surface area contributed by atoms with Gasteiger partial charge in [-0.2, -0.15) is 0 Å². The smallest absolute Gasteiger partial charge is 0.253 e. The average molecular weight is 504 g/mol. The largest absolute Gasteiger partial charge is 0.504 e. The van der Waals surface area contributed by atoms with Gasteiger partial charge in [0, 0.05) is 14.1 Å². The number of halogens is 1. The summed E-state index contributed by atoms with van der Waals surface area (Å²) in [5.41, 5.74) is -0.325. The van der Waals surface area contributed by atoms with Gasteiger partial charge in [-0.1, -0.05) is 54.8 Å². The van der Waals surface area contributed by atoms with Crippen LogP contribution in [-0.4, -0.2) is 31.9 Å². The predicted molar refractivity (Wildman–Crippen MR) is 133 cm³/mol. The van der Waals surface area contributed by atoms with Crippen LogP contribution in [0.4, 0.5) is 17.1 Å². The molecule has 0 heterocycles. The molecule has 3 N–H and O–H groups in total. The molecule has 0 spiro atoms. The van der Waals surface area contributed by atoms with Crippen molar-refractivity contribution in [2.75, 3.05) is 24.7 Å². The summed E-state index contributed by atoms with van der Waals surface area (Å²) in [4.78, 5) is 24.5. The zero-order valence-corrected chi connectivity index (χ0v) is 20.4. The molecule has 1 fully saturated rings. The van der Waals surface area contributed by atoms with Gasteiger partial charge in [-0.15, -0.1) is 0 Å². The van der Waals surface area contributed by atoms with Crippen LogP contribution in [0.2, 0.25) is 5.02 Å². The van der Waals surface area contributed by atoms with E-state index < -0.39 is 31.5 Å². The number of phenols is 1. The Bertz CT molecular complexity index is 1380. The fourth-order valence-corrected chi connectivity index (χ4v) is 5.92. The summed E-state index contributed by atoms with van der Waals surface area (Å²) in [5.74, 6) is -0.323. The summed E-state index contributed by atoms with van der Waals surface area (Å²) in [6.07, 6.45) is 4.23. The van der Waals surface area contributed by atoms with Crippen LogP contribution < -0.4 is 21.5 Å². The number of nitrogens with one attached hydrogen (secondary N) is 2. The van der Waals surface area contributed by atoms with Crippen molar-refractivity contribution < 1.29 is 13.5 Å². The molecular weight excluding hydrogens is 478 g/mol. The molecule has 1 aliphatic rings. The van der Waals surface area contributed by atoms with Crippen molar-refractivity contribution in [3.8, 4) is 5.75 Å². The lowest BCUT2D eigenvalue weighted by molar-refractivity contribution is 0.454. The van der Waals surface area contributed by atoms with Crippen LogP contribution in [0.5, 0.6) is 5.75 Å². The molecule has 0 bridgehead atoms. The normalized spacial score (nSPS) is 15.6. The number of sulfonamides is 1. The lowest BCUT2D eigenvalue weighted by Crippen LogP contribution is -2.38. The molecule has 1 atom stereocenters. The molecule has 0 aromatic heterocycles. The third kappa shape index (κ3) is 4.31. The summed E-state index contributed by atoms with van der Waals surface area (Å²) < 4.78 is 26.2. The highest BCUT2D eigenvalue weighted by molar-refractivity contribution is 7.89. The molecule has 0 amide bonds. The lowest BCUT2D eigenvalue weighted by atomic mass is 9.91. The highest BCUT2D eigenvalue weighted by atomic mass is 35.5. The molecule has 1 saturated carbocycles. The summed E-state index contributed by atoms with van der Waals surface area (Å²) in [7, 11) is -1.43. The maximum absolute atomic E-state index is 12.6. The van der Waals surface area contributed by atoms with Crippen molar-refractivity contribution >= 4 is 38.7 Å². The maximum atomic E-state index is 12.6. The third-order valence-electron chi connectivity index (χ3n) is 6.32. The number of hydrogen-bond acceptors (Lipinski definition) is 7. The van der Waals surface area contributed by atoms with Crippen LogP contribution in [0.3, 0.4) is 0 Å². The van der Waals surface area contributed by atoms with E-state index in [0.29, 0.717) is 5.92 Å². The fourth-order valence-electron chi connectivity index (χ4n) is 4.44. The number of phenolic OH excluding ortho intramolecular Hbond substituents is 1. The van der Waals surface area contributed by atoms with E-state index in [0.717, 1.165) is 35.6 Å². The van der Waals surface area contributed by atoms with E-state index in [1.54, 1.807) is 0 Å². The second-order valence-electron chi connectivity index (χ2n) is 8.67. The molecule has 1 unspecified atom stereocenters. The van der Waals surface area contributed by atoms with Crippen LogP contribution in [0.25, 0.3) is 0 Å². The van der Waals surface area contributed by atoms with Crippen molar-refractivity contribution in [3.05, 3.63) is 73.5 Å². The highest BCUT2D eigenvalue weighted by Gasteiger charge is 2.32. The molecule has 10 heteroatoms. The summed E-state index contributed by atoms with van der Waals surface area (Å²) in [6, 6.07) is 12.3. The number of aromatic hydroxyl groups is 1. The van der Waals surface area contributed by atoms with E-state index in [4.69, 9.17) is 11.6 Å². The minimum atomic E-state index is -4.06. The monoisotopic (exact) mass is 503 g/mol. The average Bonchev–Trinajstić information content (AvgIpc) is 3.34. The summed E-state index contributed by atoms with van der Waals surface area (Å²) in [5, 5.41) is 16.6. The molecule has 8 nitrogen and oxygen atoms in total. The van der Waals surface area contributed by atoms with Crippen LogP contribution in [0.1, 0.15) is 37.3 Å². The van der Waals surface area contributed by atoms with Crippen LogP contribution >= 0.6 is 11.6 Å². The molecule has 0 saturated heterocycles. The molecule has 4 rings (SSSR count). The van der Waals surface area contributed by atoms with E-state index in [1.807, 2.05) is 30.3 Å². The van der Waals surface area contributed by atoms with Crippen LogP contribution in [-0.2, 0) is 10.0 Å². The Morgan fingerprint density at radius 1 is 1.00 bits per heavy atom. The first-order valence-corrected chi connectivity index (χ1v) is 12.8. The van der Waals surface area contributed by atoms with E-state index >= 15 is 0 Å². The Balaban J connectivity index is 1.70. The number of benzene rings is 2. The van der Waals surface area contributed by atoms with E-state index in [9.17, 15) is 23.1 Å². The first-order chi connectivity index (χ1) is 16.1. The number of nitrogens with zero attached hydrogens (tertiary/aromatic N) is 1. The number of anilines is 3. The first kappa shape index (κ1) is 24.3. The van der Waals surface area contributed by atoms with Crippen molar-refractivity contribution in [2.24, 2.45) is 5.92 Å².